The van der Waals surface area contributed by atoms with E-state index in [4.69, 9.17) is 20.0 Å². The summed E-state index contributed by atoms with van der Waals surface area (Å²) in [6.07, 6.45) is 1.53. The van der Waals surface area contributed by atoms with Crippen molar-refractivity contribution in [3.05, 3.63) is 84.1 Å². The first kappa shape index (κ1) is 22.6. The van der Waals surface area contributed by atoms with Gasteiger partial charge in [0.1, 0.15) is 11.5 Å². The van der Waals surface area contributed by atoms with Gasteiger partial charge in [0.25, 0.3) is 5.91 Å². The summed E-state index contributed by atoms with van der Waals surface area (Å²) >= 11 is 0. The number of aromatic nitrogens is 1. The highest BCUT2D eigenvalue weighted by Gasteiger charge is 2.11. The molecule has 8 nitrogen and oxygen atoms in total. The van der Waals surface area contributed by atoms with Gasteiger partial charge >= 0.3 is 0 Å². The molecule has 3 aromatic rings. The highest BCUT2D eigenvalue weighted by Crippen LogP contribution is 2.18. The first-order chi connectivity index (χ1) is 15.5. The van der Waals surface area contributed by atoms with E-state index in [1.807, 2.05) is 61.5 Å². The minimum atomic E-state index is -0.225. The zero-order valence-corrected chi connectivity index (χ0v) is 18.1. The molecule has 0 aliphatic heterocycles. The minimum Gasteiger partial charge on any atom is -0.494 e. The van der Waals surface area contributed by atoms with E-state index in [0.29, 0.717) is 30.3 Å². The van der Waals surface area contributed by atoms with Crippen molar-refractivity contribution in [2.24, 2.45) is 10.9 Å². The summed E-state index contributed by atoms with van der Waals surface area (Å²) < 4.78 is 11.1. The Kier molecular flexibility index (Phi) is 8.02. The van der Waals surface area contributed by atoms with Crippen molar-refractivity contribution in [2.75, 3.05) is 20.3 Å². The number of nitrogens with zero attached hydrogens (tertiary/aromatic N) is 3. The number of oxime groups is 1. The monoisotopic (exact) mass is 434 g/mol. The molecule has 3 rings (SSSR count). The minimum absolute atomic E-state index is 0.116. The van der Waals surface area contributed by atoms with Gasteiger partial charge in [0.15, 0.2) is 12.4 Å². The van der Waals surface area contributed by atoms with Crippen LogP contribution in [0.3, 0.4) is 0 Å². The van der Waals surface area contributed by atoms with Gasteiger partial charge in [-0.15, -0.1) is 0 Å². The summed E-state index contributed by atoms with van der Waals surface area (Å²) in [6, 6.07) is 20.3. The lowest BCUT2D eigenvalue weighted by Gasteiger charge is -2.16. The van der Waals surface area contributed by atoms with Crippen molar-refractivity contribution in [1.82, 2.24) is 9.88 Å². The maximum absolute atomic E-state index is 12.3. The number of carbonyl (C=O) groups excluding carboxylic acids is 1. The molecule has 0 fully saturated rings. The molecule has 0 bridgehead atoms. The lowest BCUT2D eigenvalue weighted by atomic mass is 10.2. The van der Waals surface area contributed by atoms with Crippen LogP contribution in [0.2, 0.25) is 0 Å². The van der Waals surface area contributed by atoms with E-state index in [1.165, 1.54) is 6.20 Å². The Labute approximate surface area is 187 Å². The van der Waals surface area contributed by atoms with Gasteiger partial charge in [0.05, 0.1) is 6.61 Å². The third kappa shape index (κ3) is 6.73. The second kappa shape index (κ2) is 11.4. The number of para-hydroxylation sites is 1. The molecule has 32 heavy (non-hydrogen) atoms. The summed E-state index contributed by atoms with van der Waals surface area (Å²) in [5.74, 6) is 1.81. The average molecular weight is 434 g/mol. The SMILES string of the molecule is CCOc1ccc(CN(C)C(=O)CO/N=C(/N)c2ccc(Oc3ccccc3)nc2)cc1. The van der Waals surface area contributed by atoms with Crippen molar-refractivity contribution >= 4 is 11.7 Å². The number of likely N-dealkylation sites (N-methyl/N-ethyl adjacent to an activating group) is 1. The Morgan fingerprint density at radius 3 is 2.44 bits per heavy atom. The number of amides is 1. The van der Waals surface area contributed by atoms with E-state index in [0.717, 1.165) is 11.3 Å². The summed E-state index contributed by atoms with van der Waals surface area (Å²) in [5.41, 5.74) is 7.47. The average Bonchev–Trinajstić information content (AvgIpc) is 2.81. The topological polar surface area (TPSA) is 99.3 Å². The van der Waals surface area contributed by atoms with Gasteiger partial charge in [-0.3, -0.25) is 4.79 Å². The van der Waals surface area contributed by atoms with Crippen molar-refractivity contribution in [3.8, 4) is 17.4 Å². The van der Waals surface area contributed by atoms with Gasteiger partial charge in [0, 0.05) is 31.4 Å². The van der Waals surface area contributed by atoms with Gasteiger partial charge in [0.2, 0.25) is 5.88 Å². The van der Waals surface area contributed by atoms with E-state index in [2.05, 4.69) is 10.1 Å². The van der Waals surface area contributed by atoms with Crippen molar-refractivity contribution in [2.45, 2.75) is 13.5 Å². The fraction of sp³-hybridized carbons (Fsp3) is 0.208. The molecule has 1 amide bonds. The fourth-order valence-corrected chi connectivity index (χ4v) is 2.74. The third-order valence-electron chi connectivity index (χ3n) is 4.43. The van der Waals surface area contributed by atoms with Crippen LogP contribution < -0.4 is 15.2 Å². The quantitative estimate of drug-likeness (QED) is 0.298. The third-order valence-corrected chi connectivity index (χ3v) is 4.43. The molecule has 8 heteroatoms. The number of ether oxygens (including phenoxy) is 2. The summed E-state index contributed by atoms with van der Waals surface area (Å²) in [5, 5.41) is 3.82. The van der Waals surface area contributed by atoms with Crippen LogP contribution in [0.5, 0.6) is 17.4 Å². The lowest BCUT2D eigenvalue weighted by molar-refractivity contribution is -0.135. The van der Waals surface area contributed by atoms with Gasteiger partial charge in [-0.1, -0.05) is 35.5 Å². The van der Waals surface area contributed by atoms with Crippen LogP contribution in [0, 0.1) is 0 Å². The molecule has 2 aromatic carbocycles. The van der Waals surface area contributed by atoms with E-state index in [-0.39, 0.29) is 18.3 Å². The zero-order valence-electron chi connectivity index (χ0n) is 18.1. The maximum atomic E-state index is 12.3. The molecular weight excluding hydrogens is 408 g/mol. The van der Waals surface area contributed by atoms with E-state index >= 15 is 0 Å². The van der Waals surface area contributed by atoms with Crippen LogP contribution in [0.25, 0.3) is 0 Å². The number of hydrogen-bond acceptors (Lipinski definition) is 6. The largest absolute Gasteiger partial charge is 0.494 e. The number of rotatable bonds is 10. The van der Waals surface area contributed by atoms with Crippen LogP contribution in [-0.4, -0.2) is 41.9 Å². The zero-order chi connectivity index (χ0) is 22.8. The predicted octanol–water partition coefficient (Wildman–Crippen LogP) is 3.57. The first-order valence-electron chi connectivity index (χ1n) is 10.2. The van der Waals surface area contributed by atoms with Gasteiger partial charge in [-0.05, 0) is 42.8 Å². The summed E-state index contributed by atoms with van der Waals surface area (Å²) in [7, 11) is 1.70. The molecule has 1 heterocycles. The van der Waals surface area contributed by atoms with Gasteiger partial charge < -0.3 is 24.9 Å². The Balaban J connectivity index is 1.47. The Morgan fingerprint density at radius 2 is 1.78 bits per heavy atom. The van der Waals surface area contributed by atoms with Gasteiger partial charge in [-0.2, -0.15) is 0 Å². The Hall–Kier alpha value is -4.07. The van der Waals surface area contributed by atoms with Crippen LogP contribution in [-0.2, 0) is 16.2 Å². The second-order valence-electron chi connectivity index (χ2n) is 6.88. The highest BCUT2D eigenvalue weighted by atomic mass is 16.6. The molecule has 1 aromatic heterocycles. The lowest BCUT2D eigenvalue weighted by Crippen LogP contribution is -2.29. The van der Waals surface area contributed by atoms with E-state index < -0.39 is 0 Å². The molecule has 0 unspecified atom stereocenters. The molecule has 166 valence electrons. The summed E-state index contributed by atoms with van der Waals surface area (Å²) in [4.78, 5) is 23.2. The molecule has 0 saturated heterocycles. The van der Waals surface area contributed by atoms with E-state index in [1.54, 1.807) is 24.1 Å². The molecule has 0 radical (unpaired) electrons. The number of nitrogens with two attached hydrogens (primary N) is 1. The first-order valence-corrected chi connectivity index (χ1v) is 10.2. The number of benzene rings is 2. The fourth-order valence-electron chi connectivity index (χ4n) is 2.74. The van der Waals surface area contributed by atoms with Crippen LogP contribution in [0.4, 0.5) is 0 Å². The smallest absolute Gasteiger partial charge is 0.263 e. The predicted molar refractivity (Wildman–Crippen MR) is 122 cm³/mol. The molecule has 2 N–H and O–H groups in total. The Morgan fingerprint density at radius 1 is 1.03 bits per heavy atom. The number of pyridine rings is 1. The van der Waals surface area contributed by atoms with Crippen LogP contribution >= 0.6 is 0 Å². The molecule has 0 spiro atoms. The number of hydrogen-bond donors (Lipinski definition) is 1. The van der Waals surface area contributed by atoms with Crippen molar-refractivity contribution in [3.63, 3.8) is 0 Å². The van der Waals surface area contributed by atoms with Crippen molar-refractivity contribution < 1.29 is 19.1 Å². The standard InChI is InChI=1S/C24H26N4O4/c1-3-30-20-12-9-18(10-13-20)16-28(2)23(29)17-31-27-24(25)19-11-14-22(26-15-19)32-21-7-5-4-6-8-21/h4-15H,3,16-17H2,1-2H3,(H2,25,27). The maximum Gasteiger partial charge on any atom is 0.263 e. The van der Waals surface area contributed by atoms with E-state index in [9.17, 15) is 4.79 Å². The van der Waals surface area contributed by atoms with Crippen molar-refractivity contribution in [1.29, 1.82) is 0 Å². The number of amidine groups is 1. The van der Waals surface area contributed by atoms with Crippen LogP contribution in [0.15, 0.2) is 78.1 Å². The molecule has 0 aliphatic carbocycles. The molecular formula is C24H26N4O4. The Bertz CT molecular complexity index is 1020. The van der Waals surface area contributed by atoms with Crippen LogP contribution in [0.1, 0.15) is 18.1 Å². The van der Waals surface area contributed by atoms with Gasteiger partial charge in [-0.25, -0.2) is 4.98 Å². The highest BCUT2D eigenvalue weighted by molar-refractivity contribution is 5.96. The number of carbonyl (C=O) groups is 1. The summed E-state index contributed by atoms with van der Waals surface area (Å²) in [6.45, 7) is 2.76. The normalized spacial score (nSPS) is 11.0. The second-order valence-corrected chi connectivity index (χ2v) is 6.88. The molecule has 0 aliphatic rings. The molecule has 0 saturated carbocycles. The molecule has 0 atom stereocenters.